The zero-order chi connectivity index (χ0) is 20.0. The van der Waals surface area contributed by atoms with Gasteiger partial charge >= 0.3 is 0 Å². The molecule has 3 heterocycles. The van der Waals surface area contributed by atoms with Gasteiger partial charge in [-0.25, -0.2) is 4.98 Å². The summed E-state index contributed by atoms with van der Waals surface area (Å²) in [6, 6.07) is 19.2. The van der Waals surface area contributed by atoms with E-state index in [1.165, 1.54) is 11.3 Å². The van der Waals surface area contributed by atoms with E-state index in [1.54, 1.807) is 11.3 Å². The highest BCUT2D eigenvalue weighted by molar-refractivity contribution is 7.16. The van der Waals surface area contributed by atoms with Crippen LogP contribution in [0.1, 0.15) is 10.4 Å². The number of aryl methyl sites for hydroxylation is 1. The van der Waals surface area contributed by atoms with Gasteiger partial charge in [0.1, 0.15) is 0 Å². The average molecular weight is 436 g/mol. The maximum atomic E-state index is 13.2. The van der Waals surface area contributed by atoms with Crippen molar-refractivity contribution in [3.63, 3.8) is 0 Å². The van der Waals surface area contributed by atoms with E-state index in [0.29, 0.717) is 15.4 Å². The highest BCUT2D eigenvalue weighted by atomic mass is 35.5. The maximum Gasteiger partial charge on any atom is 0.280 e. The molecule has 0 saturated heterocycles. The Morgan fingerprint density at radius 3 is 2.76 bits per heavy atom. The molecule has 29 heavy (non-hydrogen) atoms. The number of benzene rings is 2. The summed E-state index contributed by atoms with van der Waals surface area (Å²) < 4.78 is 2.86. The van der Waals surface area contributed by atoms with Gasteiger partial charge < -0.3 is 4.57 Å². The molecule has 142 valence electrons. The standard InChI is InChI=1S/C22H14ClN3OS2/c1-26-20-15(23)7-4-9-19(20)29-22(26)25-21(27)14-12-17(18-10-5-11-28-18)24-16-8-3-2-6-13(14)16/h2-12H,1H3. The maximum absolute atomic E-state index is 13.2. The van der Waals surface area contributed by atoms with Crippen molar-refractivity contribution in [3.05, 3.63) is 81.4 Å². The number of rotatable bonds is 2. The van der Waals surface area contributed by atoms with Crippen molar-refractivity contribution in [2.75, 3.05) is 0 Å². The summed E-state index contributed by atoms with van der Waals surface area (Å²) in [5, 5.41) is 3.44. The first-order valence-corrected chi connectivity index (χ1v) is 11.0. The number of nitrogens with zero attached hydrogens (tertiary/aromatic N) is 3. The van der Waals surface area contributed by atoms with Crippen molar-refractivity contribution in [1.82, 2.24) is 9.55 Å². The topological polar surface area (TPSA) is 47.2 Å². The lowest BCUT2D eigenvalue weighted by Crippen LogP contribution is -2.13. The number of fused-ring (bicyclic) bond motifs is 2. The third-order valence-electron chi connectivity index (χ3n) is 4.69. The van der Waals surface area contributed by atoms with Gasteiger partial charge in [-0.1, -0.05) is 53.3 Å². The number of hydrogen-bond acceptors (Lipinski definition) is 4. The summed E-state index contributed by atoms with van der Waals surface area (Å²) in [5.41, 5.74) is 2.98. The Labute approximate surface area is 179 Å². The lowest BCUT2D eigenvalue weighted by molar-refractivity contribution is 0.0999. The monoisotopic (exact) mass is 435 g/mol. The number of aromatic nitrogens is 2. The molecule has 0 aliphatic carbocycles. The number of halogens is 1. The molecule has 7 heteroatoms. The van der Waals surface area contributed by atoms with Crippen LogP contribution in [-0.2, 0) is 7.05 Å². The molecule has 0 atom stereocenters. The first-order valence-electron chi connectivity index (χ1n) is 8.88. The van der Waals surface area contributed by atoms with Crippen molar-refractivity contribution < 1.29 is 4.79 Å². The SMILES string of the molecule is Cn1c(=NC(=O)c2cc(-c3cccs3)nc3ccccc23)sc2cccc(Cl)c21. The minimum atomic E-state index is -0.292. The van der Waals surface area contributed by atoms with Crippen LogP contribution in [0.25, 0.3) is 31.7 Å². The number of pyridine rings is 1. The molecule has 5 rings (SSSR count). The fraction of sp³-hybridized carbons (Fsp3) is 0.0455. The van der Waals surface area contributed by atoms with Gasteiger partial charge in [-0.3, -0.25) is 4.79 Å². The lowest BCUT2D eigenvalue weighted by Gasteiger charge is -2.06. The Balaban J connectivity index is 1.72. The molecule has 0 radical (unpaired) electrons. The second-order valence-corrected chi connectivity index (χ2v) is 8.86. The van der Waals surface area contributed by atoms with E-state index in [-0.39, 0.29) is 5.91 Å². The summed E-state index contributed by atoms with van der Waals surface area (Å²) in [4.78, 5) is 24.0. The van der Waals surface area contributed by atoms with Gasteiger partial charge in [0.25, 0.3) is 5.91 Å². The molecule has 1 amide bonds. The van der Waals surface area contributed by atoms with Crippen molar-refractivity contribution in [2.24, 2.45) is 12.0 Å². The molecular weight excluding hydrogens is 422 g/mol. The van der Waals surface area contributed by atoms with Gasteiger partial charge in [0.15, 0.2) is 4.80 Å². The molecule has 0 saturated carbocycles. The summed E-state index contributed by atoms with van der Waals surface area (Å²) in [6.45, 7) is 0. The molecule has 0 spiro atoms. The highest BCUT2D eigenvalue weighted by Gasteiger charge is 2.15. The van der Waals surface area contributed by atoms with Crippen LogP contribution >= 0.6 is 34.3 Å². The summed E-state index contributed by atoms with van der Waals surface area (Å²) in [7, 11) is 1.87. The van der Waals surface area contributed by atoms with E-state index in [0.717, 1.165) is 31.7 Å². The van der Waals surface area contributed by atoms with E-state index >= 15 is 0 Å². The number of carbonyl (C=O) groups excluding carboxylic acids is 1. The van der Waals surface area contributed by atoms with Crippen LogP contribution in [0.4, 0.5) is 0 Å². The smallest absolute Gasteiger partial charge is 0.280 e. The fourth-order valence-corrected chi connectivity index (χ4v) is 5.40. The summed E-state index contributed by atoms with van der Waals surface area (Å²) in [6.07, 6.45) is 0. The lowest BCUT2D eigenvalue weighted by atomic mass is 10.1. The van der Waals surface area contributed by atoms with E-state index in [9.17, 15) is 4.79 Å². The normalized spacial score (nSPS) is 12.1. The Morgan fingerprint density at radius 2 is 1.97 bits per heavy atom. The Morgan fingerprint density at radius 1 is 1.10 bits per heavy atom. The van der Waals surface area contributed by atoms with Crippen LogP contribution in [0.5, 0.6) is 0 Å². The van der Waals surface area contributed by atoms with Crippen molar-refractivity contribution in [2.45, 2.75) is 0 Å². The van der Waals surface area contributed by atoms with E-state index in [1.807, 2.05) is 77.7 Å². The predicted molar refractivity (Wildman–Crippen MR) is 121 cm³/mol. The molecule has 4 nitrogen and oxygen atoms in total. The minimum Gasteiger partial charge on any atom is -0.318 e. The van der Waals surface area contributed by atoms with E-state index in [2.05, 4.69) is 4.99 Å². The van der Waals surface area contributed by atoms with Gasteiger partial charge in [0, 0.05) is 12.4 Å². The van der Waals surface area contributed by atoms with Gasteiger partial charge in [-0.05, 0) is 35.7 Å². The van der Waals surface area contributed by atoms with Crippen LogP contribution in [0.15, 0.2) is 71.0 Å². The predicted octanol–water partition coefficient (Wildman–Crippen LogP) is 5.91. The molecule has 0 N–H and O–H groups in total. The molecule has 0 bridgehead atoms. The first kappa shape index (κ1) is 18.2. The number of thiophene rings is 1. The average Bonchev–Trinajstić information content (AvgIpc) is 3.37. The van der Waals surface area contributed by atoms with E-state index < -0.39 is 0 Å². The quantitative estimate of drug-likeness (QED) is 0.346. The van der Waals surface area contributed by atoms with E-state index in [4.69, 9.17) is 16.6 Å². The fourth-order valence-electron chi connectivity index (χ4n) is 3.31. The van der Waals surface area contributed by atoms with Crippen LogP contribution in [0.2, 0.25) is 5.02 Å². The van der Waals surface area contributed by atoms with Crippen molar-refractivity contribution in [1.29, 1.82) is 0 Å². The second-order valence-electron chi connectivity index (χ2n) is 6.50. The van der Waals surface area contributed by atoms with Crippen molar-refractivity contribution in [3.8, 4) is 10.6 Å². The van der Waals surface area contributed by atoms with Gasteiger partial charge in [-0.15, -0.1) is 11.3 Å². The Kier molecular flexibility index (Phi) is 4.54. The van der Waals surface area contributed by atoms with Crippen LogP contribution in [-0.4, -0.2) is 15.5 Å². The Hall–Kier alpha value is -2.80. The molecule has 0 aliphatic heterocycles. The molecule has 0 aliphatic rings. The molecule has 0 fully saturated rings. The van der Waals surface area contributed by atoms with Gasteiger partial charge in [0.2, 0.25) is 0 Å². The second kappa shape index (κ2) is 7.22. The van der Waals surface area contributed by atoms with Crippen LogP contribution in [0.3, 0.4) is 0 Å². The molecule has 2 aromatic carbocycles. The summed E-state index contributed by atoms with van der Waals surface area (Å²) >= 11 is 9.38. The Bertz CT molecular complexity index is 1450. The summed E-state index contributed by atoms with van der Waals surface area (Å²) in [5.74, 6) is -0.292. The number of carbonyl (C=O) groups is 1. The molecule has 0 unspecified atom stereocenters. The number of para-hydroxylation sites is 2. The third-order valence-corrected chi connectivity index (χ3v) is 6.99. The van der Waals surface area contributed by atoms with Crippen LogP contribution in [0, 0.1) is 0 Å². The molecule has 3 aromatic heterocycles. The number of thiazole rings is 1. The minimum absolute atomic E-state index is 0.292. The third kappa shape index (κ3) is 3.19. The van der Waals surface area contributed by atoms with Crippen molar-refractivity contribution >= 4 is 61.3 Å². The number of amides is 1. The van der Waals surface area contributed by atoms with Gasteiger partial charge in [-0.2, -0.15) is 4.99 Å². The molecular formula is C22H14ClN3OS2. The van der Waals surface area contributed by atoms with Gasteiger partial charge in [0.05, 0.1) is 36.9 Å². The largest absolute Gasteiger partial charge is 0.318 e. The zero-order valence-electron chi connectivity index (χ0n) is 15.3. The highest BCUT2D eigenvalue weighted by Crippen LogP contribution is 2.28. The first-order chi connectivity index (χ1) is 14.1. The zero-order valence-corrected chi connectivity index (χ0v) is 17.7. The molecule has 5 aromatic rings. The number of hydrogen-bond donors (Lipinski definition) is 0. The van der Waals surface area contributed by atoms with Crippen LogP contribution < -0.4 is 4.80 Å².